The molecule has 0 spiro atoms. The molecule has 2 aromatic carbocycles. The van der Waals surface area contributed by atoms with Crippen molar-refractivity contribution in [2.45, 2.75) is 37.9 Å². The van der Waals surface area contributed by atoms with Crippen LogP contribution in [0, 0.1) is 0 Å². The SMILES string of the molecule is [2H]N[C@@H](Cc1ccc(O)cc1)C(=O)N[C@@H](C)C(=O)NCC(=O)NC(=Cc1ccccc1)C(=O)N[C@@H](CCSC)C(=O)O. The summed E-state index contributed by atoms with van der Waals surface area (Å²) in [4.78, 5) is 62.4. The van der Waals surface area contributed by atoms with Crippen LogP contribution in [0.15, 0.2) is 60.3 Å². The minimum atomic E-state index is -1.21. The van der Waals surface area contributed by atoms with Gasteiger partial charge in [-0.05, 0) is 61.1 Å². The normalized spacial score (nSPS) is 13.6. The lowest BCUT2D eigenvalue weighted by Crippen LogP contribution is -2.52. The van der Waals surface area contributed by atoms with Crippen molar-refractivity contribution in [2.75, 3.05) is 18.6 Å². The summed E-state index contributed by atoms with van der Waals surface area (Å²) in [6.07, 6.45) is 3.50. The molecule has 0 fully saturated rings. The molecule has 0 aliphatic heterocycles. The molecule has 0 aliphatic rings. The molecular formula is C28H35N5O7S. The molecule has 41 heavy (non-hydrogen) atoms. The van der Waals surface area contributed by atoms with E-state index in [1.807, 2.05) is 6.26 Å². The first kappa shape index (κ1) is 31.2. The summed E-state index contributed by atoms with van der Waals surface area (Å²) in [5, 5.41) is 28.6. The van der Waals surface area contributed by atoms with Crippen LogP contribution in [0.2, 0.25) is 1.41 Å². The van der Waals surface area contributed by atoms with Crippen LogP contribution in [0.5, 0.6) is 5.75 Å². The van der Waals surface area contributed by atoms with Crippen molar-refractivity contribution in [1.29, 1.82) is 0 Å². The molecule has 0 radical (unpaired) electrons. The largest absolute Gasteiger partial charge is 0.508 e. The molecule has 13 heteroatoms. The van der Waals surface area contributed by atoms with Gasteiger partial charge in [-0.25, -0.2) is 4.79 Å². The highest BCUT2D eigenvalue weighted by Gasteiger charge is 2.24. The Balaban J connectivity index is 1.99. The van der Waals surface area contributed by atoms with Crippen LogP contribution in [-0.4, -0.2) is 76.5 Å². The van der Waals surface area contributed by atoms with Gasteiger partial charge in [-0.3, -0.25) is 19.2 Å². The number of hydrogen-bond acceptors (Lipinski definition) is 8. The number of aliphatic carboxylic acids is 1. The van der Waals surface area contributed by atoms with Gasteiger partial charge in [0.25, 0.3) is 5.91 Å². The fourth-order valence-electron chi connectivity index (χ4n) is 3.46. The third-order valence-corrected chi connectivity index (χ3v) is 6.36. The van der Waals surface area contributed by atoms with Gasteiger partial charge in [0.2, 0.25) is 17.7 Å². The van der Waals surface area contributed by atoms with E-state index in [2.05, 4.69) is 27.0 Å². The van der Waals surface area contributed by atoms with Crippen LogP contribution in [0.1, 0.15) is 24.5 Å². The molecular weight excluding hydrogens is 550 g/mol. The van der Waals surface area contributed by atoms with Crippen molar-refractivity contribution >= 4 is 47.4 Å². The average molecular weight is 587 g/mol. The quantitative estimate of drug-likeness (QED) is 0.136. The number of hydrogen-bond donors (Lipinski definition) is 7. The van der Waals surface area contributed by atoms with Crippen LogP contribution in [-0.2, 0) is 30.4 Å². The molecule has 220 valence electrons. The van der Waals surface area contributed by atoms with E-state index in [0.29, 0.717) is 16.9 Å². The topological polar surface area (TPSA) is 200 Å². The number of phenols is 1. The van der Waals surface area contributed by atoms with Crippen LogP contribution in [0.25, 0.3) is 6.08 Å². The van der Waals surface area contributed by atoms with Gasteiger partial charge < -0.3 is 37.2 Å². The average Bonchev–Trinajstić information content (AvgIpc) is 2.97. The Hall–Kier alpha value is -4.36. The Morgan fingerprint density at radius 3 is 2.32 bits per heavy atom. The number of rotatable bonds is 16. The van der Waals surface area contributed by atoms with E-state index < -0.39 is 54.3 Å². The zero-order valence-electron chi connectivity index (χ0n) is 23.7. The second-order valence-corrected chi connectivity index (χ2v) is 10.0. The van der Waals surface area contributed by atoms with Gasteiger partial charge >= 0.3 is 5.97 Å². The number of amides is 4. The molecule has 0 unspecified atom stereocenters. The summed E-state index contributed by atoms with van der Waals surface area (Å²) in [5.41, 5.74) is 3.19. The molecule has 2 rings (SSSR count). The fourth-order valence-corrected chi connectivity index (χ4v) is 3.93. The first-order valence-electron chi connectivity index (χ1n) is 13.2. The van der Waals surface area contributed by atoms with Gasteiger partial charge in [0, 0.05) is 0 Å². The maximum Gasteiger partial charge on any atom is 0.326 e. The lowest BCUT2D eigenvalue weighted by molar-refractivity contribution is -0.141. The Labute approximate surface area is 243 Å². The lowest BCUT2D eigenvalue weighted by Gasteiger charge is -2.18. The van der Waals surface area contributed by atoms with Crippen molar-refractivity contribution in [3.8, 4) is 5.75 Å². The highest BCUT2D eigenvalue weighted by molar-refractivity contribution is 7.98. The van der Waals surface area contributed by atoms with Crippen LogP contribution in [0.4, 0.5) is 0 Å². The molecule has 0 saturated carbocycles. The molecule has 0 heterocycles. The number of carbonyl (C=O) groups excluding carboxylic acids is 4. The minimum absolute atomic E-state index is 0.0619. The molecule has 0 saturated heterocycles. The molecule has 12 nitrogen and oxygen atoms in total. The maximum absolute atomic E-state index is 12.9. The Morgan fingerprint density at radius 1 is 1.02 bits per heavy atom. The first-order chi connectivity index (χ1) is 20.0. The number of carboxylic acid groups (broad SMARTS) is 1. The van der Waals surface area contributed by atoms with Crippen LogP contribution < -0.4 is 27.0 Å². The monoisotopic (exact) mass is 586 g/mol. The number of aromatic hydroxyl groups is 1. The number of nitrogens with two attached hydrogens (primary N) is 1. The molecule has 4 amide bonds. The third kappa shape index (κ3) is 11.7. The summed E-state index contributed by atoms with van der Waals surface area (Å²) in [5.74, 6) is -3.53. The Kier molecular flexibility index (Phi) is 12.7. The van der Waals surface area contributed by atoms with Gasteiger partial charge in [0.15, 0.2) is 0 Å². The highest BCUT2D eigenvalue weighted by atomic mass is 32.2. The van der Waals surface area contributed by atoms with Crippen molar-refractivity contribution in [3.05, 3.63) is 71.4 Å². The number of benzene rings is 2. The highest BCUT2D eigenvalue weighted by Crippen LogP contribution is 2.11. The van der Waals surface area contributed by atoms with E-state index in [1.165, 1.54) is 36.9 Å². The van der Waals surface area contributed by atoms with E-state index in [0.717, 1.165) is 0 Å². The van der Waals surface area contributed by atoms with Crippen LogP contribution in [0.3, 0.4) is 0 Å². The predicted molar refractivity (Wildman–Crippen MR) is 156 cm³/mol. The zero-order chi connectivity index (χ0) is 31.1. The molecule has 8 N–H and O–H groups in total. The summed E-state index contributed by atoms with van der Waals surface area (Å²) >= 11 is 1.43. The maximum atomic E-state index is 12.9. The van der Waals surface area contributed by atoms with Crippen molar-refractivity contribution in [1.82, 2.24) is 21.3 Å². The number of nitrogens with one attached hydrogen (secondary N) is 4. The number of thioether (sulfide) groups is 1. The zero-order valence-corrected chi connectivity index (χ0v) is 23.5. The molecule has 3 atom stereocenters. The smallest absolute Gasteiger partial charge is 0.326 e. The molecule has 0 aliphatic carbocycles. The molecule has 2 aromatic rings. The number of phenolic OH excluding ortho intramolecular Hbond substituents is 1. The Morgan fingerprint density at radius 2 is 1.71 bits per heavy atom. The van der Waals surface area contributed by atoms with Gasteiger partial charge in [-0.2, -0.15) is 11.8 Å². The number of carboxylic acids is 1. The second-order valence-electron chi connectivity index (χ2n) is 9.03. The fraction of sp³-hybridized carbons (Fsp3) is 0.321. The Bertz CT molecular complexity index is 1260. The lowest BCUT2D eigenvalue weighted by atomic mass is 10.1. The van der Waals surface area contributed by atoms with Crippen molar-refractivity contribution in [2.24, 2.45) is 5.73 Å². The first-order valence-corrected chi connectivity index (χ1v) is 14.1. The van der Waals surface area contributed by atoms with E-state index in [-0.39, 0.29) is 24.3 Å². The van der Waals surface area contributed by atoms with E-state index >= 15 is 0 Å². The van der Waals surface area contributed by atoms with Gasteiger partial charge in [-0.1, -0.05) is 42.5 Å². The van der Waals surface area contributed by atoms with E-state index in [9.17, 15) is 34.2 Å². The van der Waals surface area contributed by atoms with Gasteiger partial charge in [0.05, 0.1) is 12.6 Å². The van der Waals surface area contributed by atoms with Gasteiger partial charge in [0.1, 0.15) is 24.9 Å². The number of carbonyl (C=O) groups is 5. The third-order valence-electron chi connectivity index (χ3n) is 5.71. The van der Waals surface area contributed by atoms with E-state index in [1.54, 1.807) is 42.5 Å². The van der Waals surface area contributed by atoms with E-state index in [4.69, 9.17) is 1.41 Å². The van der Waals surface area contributed by atoms with Crippen molar-refractivity contribution in [3.63, 3.8) is 0 Å². The summed E-state index contributed by atoms with van der Waals surface area (Å²) in [6.45, 7) is 0.864. The summed E-state index contributed by atoms with van der Waals surface area (Å²) in [7, 11) is 0. The molecule has 0 aromatic heterocycles. The van der Waals surface area contributed by atoms with Crippen molar-refractivity contribution < 1.29 is 35.6 Å². The molecule has 0 bridgehead atoms. The van der Waals surface area contributed by atoms with Crippen LogP contribution >= 0.6 is 11.8 Å². The standard InChI is InChI=1S/C28H35N5O7S/c1-17(31-26(37)21(29)14-19-8-10-20(34)11-9-19)25(36)30-16-24(35)32-23(15-18-6-4-3-5-7-18)27(38)33-22(28(39)40)12-13-41-2/h3-11,15,17,21-22,34H,12-14,16,29H2,1-2H3,(H,30,36)(H,31,37)(H,32,35)(H,33,38)(H,39,40)/t17-,21-,22-/m0/s1/i/hD. The van der Waals surface area contributed by atoms with Gasteiger partial charge in [-0.15, -0.1) is 0 Å². The summed E-state index contributed by atoms with van der Waals surface area (Å²) in [6, 6.07) is 11.5. The summed E-state index contributed by atoms with van der Waals surface area (Å²) < 4.78 is 7.46. The predicted octanol–water partition coefficient (Wildman–Crippen LogP) is 0.363. The second kappa shape index (κ2) is 16.7. The minimum Gasteiger partial charge on any atom is -0.508 e.